The largest absolute Gasteiger partial charge is 0.342 e. The van der Waals surface area contributed by atoms with E-state index in [9.17, 15) is 9.59 Å². The van der Waals surface area contributed by atoms with Gasteiger partial charge in [-0.15, -0.1) is 0 Å². The minimum Gasteiger partial charge on any atom is -0.342 e. The Morgan fingerprint density at radius 1 is 0.857 bits per heavy atom. The Morgan fingerprint density at radius 2 is 1.43 bits per heavy atom. The lowest BCUT2D eigenvalue weighted by Gasteiger charge is -2.34. The van der Waals surface area contributed by atoms with Crippen LogP contribution in [0.4, 0.5) is 0 Å². The number of likely N-dealkylation sites (N-methyl/N-ethyl adjacent to an activating group) is 1. The predicted octanol–water partition coefficient (Wildman–Crippen LogP) is 2.27. The topological polar surface area (TPSA) is 43.9 Å². The van der Waals surface area contributed by atoms with Crippen molar-refractivity contribution < 1.29 is 9.59 Å². The summed E-state index contributed by atoms with van der Waals surface area (Å²) in [7, 11) is 0. The van der Waals surface area contributed by atoms with Crippen molar-refractivity contribution in [3.8, 4) is 0 Å². The zero-order valence-electron chi connectivity index (χ0n) is 17.1. The first-order valence-corrected chi connectivity index (χ1v) is 11.0. The highest BCUT2D eigenvalue weighted by molar-refractivity contribution is 5.92. The Bertz CT molecular complexity index is 676. The number of piperidine rings is 1. The number of hydrogen-bond donors (Lipinski definition) is 0. The van der Waals surface area contributed by atoms with Gasteiger partial charge in [-0.1, -0.05) is 37.3 Å². The van der Waals surface area contributed by atoms with E-state index < -0.39 is 0 Å². The summed E-state index contributed by atoms with van der Waals surface area (Å²) in [6.07, 6.45) is 4.02. The van der Waals surface area contributed by atoms with Gasteiger partial charge in [-0.25, -0.2) is 0 Å². The van der Waals surface area contributed by atoms with E-state index in [2.05, 4.69) is 42.2 Å². The van der Waals surface area contributed by atoms with E-state index in [1.807, 2.05) is 9.80 Å². The van der Waals surface area contributed by atoms with Crippen molar-refractivity contribution in [2.45, 2.75) is 32.6 Å². The first-order chi connectivity index (χ1) is 13.7. The molecule has 152 valence electrons. The van der Waals surface area contributed by atoms with Crippen LogP contribution in [-0.2, 0) is 16.0 Å². The number of carbonyl (C=O) groups excluding carboxylic acids is 2. The molecule has 5 nitrogen and oxygen atoms in total. The lowest BCUT2D eigenvalue weighted by molar-refractivity contribution is -0.139. The average molecular weight is 384 g/mol. The summed E-state index contributed by atoms with van der Waals surface area (Å²) in [6, 6.07) is 10.6. The Balaban J connectivity index is 1.21. The molecule has 4 rings (SSSR count). The molecule has 0 aromatic heterocycles. The van der Waals surface area contributed by atoms with E-state index in [0.717, 1.165) is 71.5 Å². The SMILES string of the molecule is CCN1CCN(C(=O)C2CC2C(=O)N2CCC(Cc3ccccc3)CC2)CC1. The van der Waals surface area contributed by atoms with Crippen molar-refractivity contribution in [3.05, 3.63) is 35.9 Å². The number of amides is 2. The maximum atomic E-state index is 12.9. The van der Waals surface area contributed by atoms with E-state index in [1.165, 1.54) is 5.56 Å². The zero-order valence-corrected chi connectivity index (χ0v) is 17.1. The normalized spacial score (nSPS) is 26.3. The molecule has 1 saturated carbocycles. The third-order valence-corrected chi connectivity index (χ3v) is 6.85. The van der Waals surface area contributed by atoms with Crippen LogP contribution in [0.25, 0.3) is 0 Å². The Morgan fingerprint density at radius 3 is 2.00 bits per heavy atom. The number of carbonyl (C=O) groups is 2. The molecule has 3 fully saturated rings. The fraction of sp³-hybridized carbons (Fsp3) is 0.652. The summed E-state index contributed by atoms with van der Waals surface area (Å²) in [5.41, 5.74) is 1.39. The zero-order chi connectivity index (χ0) is 19.5. The van der Waals surface area contributed by atoms with Crippen molar-refractivity contribution in [3.63, 3.8) is 0 Å². The second-order valence-corrected chi connectivity index (χ2v) is 8.67. The molecule has 0 spiro atoms. The second kappa shape index (κ2) is 8.64. The van der Waals surface area contributed by atoms with Crippen molar-refractivity contribution >= 4 is 11.8 Å². The van der Waals surface area contributed by atoms with E-state index in [0.29, 0.717) is 5.92 Å². The molecule has 2 heterocycles. The van der Waals surface area contributed by atoms with Crippen LogP contribution in [-0.4, -0.2) is 72.3 Å². The smallest absolute Gasteiger partial charge is 0.226 e. The Kier molecular flexibility index (Phi) is 6.00. The van der Waals surface area contributed by atoms with Gasteiger partial charge in [-0.2, -0.15) is 0 Å². The van der Waals surface area contributed by atoms with E-state index in [-0.39, 0.29) is 23.7 Å². The van der Waals surface area contributed by atoms with Crippen LogP contribution in [0.1, 0.15) is 31.7 Å². The summed E-state index contributed by atoms with van der Waals surface area (Å²) in [4.78, 5) is 32.0. The molecule has 5 heteroatoms. The van der Waals surface area contributed by atoms with Crippen LogP contribution >= 0.6 is 0 Å². The van der Waals surface area contributed by atoms with Gasteiger partial charge in [0, 0.05) is 39.3 Å². The molecule has 1 aliphatic carbocycles. The number of benzene rings is 1. The highest BCUT2D eigenvalue weighted by atomic mass is 16.2. The molecule has 0 radical (unpaired) electrons. The van der Waals surface area contributed by atoms with E-state index in [1.54, 1.807) is 0 Å². The molecule has 2 atom stereocenters. The summed E-state index contributed by atoms with van der Waals surface area (Å²) < 4.78 is 0. The quantitative estimate of drug-likeness (QED) is 0.783. The highest BCUT2D eigenvalue weighted by Crippen LogP contribution is 2.42. The molecule has 0 bridgehead atoms. The molecule has 1 aromatic carbocycles. The summed E-state index contributed by atoms with van der Waals surface area (Å²) in [5.74, 6) is 1.000. The molecular formula is C23H33N3O2. The van der Waals surface area contributed by atoms with Gasteiger partial charge in [0.1, 0.15) is 0 Å². The van der Waals surface area contributed by atoms with E-state index in [4.69, 9.17) is 0 Å². The maximum absolute atomic E-state index is 12.9. The van der Waals surface area contributed by atoms with Gasteiger partial charge < -0.3 is 14.7 Å². The average Bonchev–Trinajstić information content (AvgIpc) is 3.55. The van der Waals surface area contributed by atoms with Gasteiger partial charge in [-0.3, -0.25) is 9.59 Å². The lowest BCUT2D eigenvalue weighted by atomic mass is 9.90. The predicted molar refractivity (Wildman–Crippen MR) is 110 cm³/mol. The van der Waals surface area contributed by atoms with Gasteiger partial charge in [0.25, 0.3) is 0 Å². The number of likely N-dealkylation sites (tertiary alicyclic amines) is 1. The van der Waals surface area contributed by atoms with Crippen LogP contribution in [0.3, 0.4) is 0 Å². The van der Waals surface area contributed by atoms with Gasteiger partial charge in [0.15, 0.2) is 0 Å². The van der Waals surface area contributed by atoms with Crippen molar-refractivity contribution in [1.29, 1.82) is 0 Å². The minimum atomic E-state index is -0.0534. The Hall–Kier alpha value is -1.88. The number of nitrogens with zero attached hydrogens (tertiary/aromatic N) is 3. The molecule has 0 N–H and O–H groups in total. The Labute approximate surface area is 168 Å². The molecule has 2 amide bonds. The first-order valence-electron chi connectivity index (χ1n) is 11.0. The van der Waals surface area contributed by atoms with Gasteiger partial charge >= 0.3 is 0 Å². The molecule has 2 saturated heterocycles. The van der Waals surface area contributed by atoms with Crippen LogP contribution in [0.5, 0.6) is 0 Å². The summed E-state index contributed by atoms with van der Waals surface area (Å²) >= 11 is 0. The third-order valence-electron chi connectivity index (χ3n) is 6.85. The summed E-state index contributed by atoms with van der Waals surface area (Å²) in [6.45, 7) is 8.46. The van der Waals surface area contributed by atoms with Gasteiger partial charge in [-0.05, 0) is 43.7 Å². The molecular weight excluding hydrogens is 350 g/mol. The maximum Gasteiger partial charge on any atom is 0.226 e. The number of rotatable bonds is 5. The fourth-order valence-corrected chi connectivity index (χ4v) is 4.80. The minimum absolute atomic E-state index is 0.0530. The van der Waals surface area contributed by atoms with Crippen LogP contribution < -0.4 is 0 Å². The second-order valence-electron chi connectivity index (χ2n) is 8.67. The van der Waals surface area contributed by atoms with Crippen molar-refractivity contribution in [2.24, 2.45) is 17.8 Å². The van der Waals surface area contributed by atoms with Crippen molar-refractivity contribution in [2.75, 3.05) is 45.8 Å². The fourth-order valence-electron chi connectivity index (χ4n) is 4.80. The van der Waals surface area contributed by atoms with E-state index >= 15 is 0 Å². The first kappa shape index (κ1) is 19.4. The summed E-state index contributed by atoms with van der Waals surface area (Å²) in [5, 5.41) is 0. The number of hydrogen-bond acceptors (Lipinski definition) is 3. The molecule has 2 aliphatic heterocycles. The lowest BCUT2D eigenvalue weighted by Crippen LogP contribution is -2.49. The monoisotopic (exact) mass is 383 g/mol. The number of piperazine rings is 1. The molecule has 1 aromatic rings. The van der Waals surface area contributed by atoms with Crippen LogP contribution in [0.15, 0.2) is 30.3 Å². The molecule has 3 aliphatic rings. The van der Waals surface area contributed by atoms with Gasteiger partial charge in [0.2, 0.25) is 11.8 Å². The highest BCUT2D eigenvalue weighted by Gasteiger charge is 2.51. The molecule has 28 heavy (non-hydrogen) atoms. The van der Waals surface area contributed by atoms with Crippen LogP contribution in [0, 0.1) is 17.8 Å². The molecule has 2 unspecified atom stereocenters. The van der Waals surface area contributed by atoms with Crippen molar-refractivity contribution in [1.82, 2.24) is 14.7 Å². The third kappa shape index (κ3) is 4.40. The standard InChI is InChI=1S/C23H33N3O2/c1-2-24-12-14-26(15-13-24)23(28)21-17-20(21)22(27)25-10-8-19(9-11-25)16-18-6-4-3-5-7-18/h3-7,19-21H,2,8-17H2,1H3. The van der Waals surface area contributed by atoms with Crippen LogP contribution in [0.2, 0.25) is 0 Å². The van der Waals surface area contributed by atoms with Gasteiger partial charge in [0.05, 0.1) is 11.8 Å².